The molecular weight excluding hydrogens is 258 g/mol. The molecule has 3 aromatic rings. The van der Waals surface area contributed by atoms with Gasteiger partial charge in [-0.25, -0.2) is 4.52 Å². The molecule has 0 saturated heterocycles. The number of aromatic nitrogens is 3. The molecular formula is C14H15N3OS. The van der Waals surface area contributed by atoms with Crippen molar-refractivity contribution in [1.82, 2.24) is 14.6 Å². The molecule has 98 valence electrons. The van der Waals surface area contributed by atoms with Gasteiger partial charge in [-0.2, -0.15) is 5.10 Å². The third-order valence-corrected chi connectivity index (χ3v) is 4.15. The van der Waals surface area contributed by atoms with Gasteiger partial charge in [0.1, 0.15) is 11.3 Å². The van der Waals surface area contributed by atoms with Gasteiger partial charge in [0.25, 0.3) is 5.56 Å². The summed E-state index contributed by atoms with van der Waals surface area (Å²) in [5, 5.41) is 6.62. The van der Waals surface area contributed by atoms with Gasteiger partial charge in [-0.15, -0.1) is 11.3 Å². The molecule has 0 aliphatic heterocycles. The fraction of sp³-hybridized carbons (Fsp3) is 0.286. The number of hydrogen-bond donors (Lipinski definition) is 1. The van der Waals surface area contributed by atoms with Crippen LogP contribution < -0.4 is 5.56 Å². The van der Waals surface area contributed by atoms with Crippen molar-refractivity contribution in [3.8, 4) is 10.6 Å². The largest absolute Gasteiger partial charge is 0.307 e. The average Bonchev–Trinajstić information content (AvgIpc) is 2.94. The number of aromatic amines is 1. The van der Waals surface area contributed by atoms with E-state index in [0.717, 1.165) is 27.5 Å². The van der Waals surface area contributed by atoms with Gasteiger partial charge in [0, 0.05) is 11.6 Å². The van der Waals surface area contributed by atoms with Crippen LogP contribution in [0.4, 0.5) is 0 Å². The summed E-state index contributed by atoms with van der Waals surface area (Å²) in [6.07, 6.45) is 0. The number of nitrogens with zero attached hydrogens (tertiary/aromatic N) is 2. The molecule has 0 unspecified atom stereocenters. The molecule has 3 aromatic heterocycles. The molecule has 5 heteroatoms. The first kappa shape index (κ1) is 12.2. The zero-order chi connectivity index (χ0) is 13.6. The number of hydrogen-bond acceptors (Lipinski definition) is 3. The minimum absolute atomic E-state index is 0.0161. The highest BCUT2D eigenvalue weighted by Gasteiger charge is 2.15. The maximum Gasteiger partial charge on any atom is 0.254 e. The maximum absolute atomic E-state index is 12.1. The molecule has 0 aliphatic rings. The Labute approximate surface area is 114 Å². The van der Waals surface area contributed by atoms with Crippen LogP contribution in [0.3, 0.4) is 0 Å². The molecule has 3 rings (SSSR count). The molecule has 0 aromatic carbocycles. The van der Waals surface area contributed by atoms with E-state index in [9.17, 15) is 4.79 Å². The molecule has 0 radical (unpaired) electrons. The van der Waals surface area contributed by atoms with Crippen LogP contribution >= 0.6 is 11.3 Å². The number of rotatable bonds is 2. The van der Waals surface area contributed by atoms with Crippen molar-refractivity contribution in [2.75, 3.05) is 0 Å². The highest BCUT2D eigenvalue weighted by Crippen LogP contribution is 2.25. The van der Waals surface area contributed by atoms with Gasteiger partial charge >= 0.3 is 0 Å². The zero-order valence-corrected chi connectivity index (χ0v) is 11.9. The second-order valence-corrected chi connectivity index (χ2v) is 5.86. The minimum Gasteiger partial charge on any atom is -0.307 e. The van der Waals surface area contributed by atoms with Gasteiger partial charge in [0.05, 0.1) is 10.6 Å². The van der Waals surface area contributed by atoms with Crippen LogP contribution in [0, 0.1) is 6.92 Å². The second kappa shape index (κ2) is 4.35. The van der Waals surface area contributed by atoms with Crippen LogP contribution in [0.15, 0.2) is 28.4 Å². The topological polar surface area (TPSA) is 50.2 Å². The summed E-state index contributed by atoms with van der Waals surface area (Å²) in [7, 11) is 0. The van der Waals surface area contributed by atoms with Crippen LogP contribution in [0.25, 0.3) is 16.2 Å². The average molecular weight is 273 g/mol. The summed E-state index contributed by atoms with van der Waals surface area (Å²) in [6, 6.07) is 5.95. The number of nitrogens with one attached hydrogen (secondary N) is 1. The van der Waals surface area contributed by atoms with Gasteiger partial charge in [0.2, 0.25) is 0 Å². The van der Waals surface area contributed by atoms with E-state index in [2.05, 4.69) is 10.1 Å². The number of aryl methyl sites for hydroxylation is 1. The molecule has 19 heavy (non-hydrogen) atoms. The highest BCUT2D eigenvalue weighted by atomic mass is 32.1. The molecule has 3 heterocycles. The third-order valence-electron chi connectivity index (χ3n) is 3.25. The van der Waals surface area contributed by atoms with E-state index < -0.39 is 0 Å². The summed E-state index contributed by atoms with van der Waals surface area (Å²) in [5.41, 5.74) is 3.34. The Kier molecular flexibility index (Phi) is 2.78. The Hall–Kier alpha value is -1.88. The van der Waals surface area contributed by atoms with E-state index >= 15 is 0 Å². The zero-order valence-electron chi connectivity index (χ0n) is 11.1. The quantitative estimate of drug-likeness (QED) is 0.779. The molecule has 1 N–H and O–H groups in total. The van der Waals surface area contributed by atoms with Crippen molar-refractivity contribution in [2.45, 2.75) is 26.7 Å². The SMILES string of the molecule is Cc1c(C(C)C)c(=O)[nH]c2cc(-c3cccs3)nn12. The fourth-order valence-corrected chi connectivity index (χ4v) is 3.09. The molecule has 0 bridgehead atoms. The summed E-state index contributed by atoms with van der Waals surface area (Å²) in [6.45, 7) is 5.99. The Morgan fingerprint density at radius 1 is 1.42 bits per heavy atom. The van der Waals surface area contributed by atoms with E-state index in [-0.39, 0.29) is 11.5 Å². The van der Waals surface area contributed by atoms with Gasteiger partial charge in [-0.05, 0) is 24.3 Å². The van der Waals surface area contributed by atoms with E-state index in [4.69, 9.17) is 0 Å². The fourth-order valence-electron chi connectivity index (χ4n) is 2.41. The van der Waals surface area contributed by atoms with Crippen LogP contribution in [0.1, 0.15) is 31.0 Å². The van der Waals surface area contributed by atoms with Crippen molar-refractivity contribution < 1.29 is 0 Å². The molecule has 0 saturated carbocycles. The van der Waals surface area contributed by atoms with E-state index in [0.29, 0.717) is 0 Å². The van der Waals surface area contributed by atoms with E-state index in [1.807, 2.05) is 48.9 Å². The maximum atomic E-state index is 12.1. The standard InChI is InChI=1S/C14H15N3OS/c1-8(2)13-9(3)17-12(15-14(13)18)7-10(16-17)11-5-4-6-19-11/h4-8H,1-3H3,(H,15,18). The smallest absolute Gasteiger partial charge is 0.254 e. The molecule has 0 atom stereocenters. The van der Waals surface area contributed by atoms with Crippen molar-refractivity contribution in [3.63, 3.8) is 0 Å². The van der Waals surface area contributed by atoms with Gasteiger partial charge in [-0.3, -0.25) is 4.79 Å². The van der Waals surface area contributed by atoms with Crippen LogP contribution in [-0.4, -0.2) is 14.6 Å². The highest BCUT2D eigenvalue weighted by molar-refractivity contribution is 7.13. The van der Waals surface area contributed by atoms with Gasteiger partial charge in [0.15, 0.2) is 0 Å². The first-order valence-corrected chi connectivity index (χ1v) is 7.12. The van der Waals surface area contributed by atoms with Gasteiger partial charge < -0.3 is 4.98 Å². The second-order valence-electron chi connectivity index (χ2n) is 4.91. The van der Waals surface area contributed by atoms with E-state index in [1.165, 1.54) is 0 Å². The molecule has 0 spiro atoms. The van der Waals surface area contributed by atoms with Crippen molar-refractivity contribution in [1.29, 1.82) is 0 Å². The molecule has 0 fully saturated rings. The lowest BCUT2D eigenvalue weighted by Crippen LogP contribution is -2.19. The predicted molar refractivity (Wildman–Crippen MR) is 78.0 cm³/mol. The third kappa shape index (κ3) is 1.90. The monoisotopic (exact) mass is 273 g/mol. The van der Waals surface area contributed by atoms with E-state index in [1.54, 1.807) is 11.3 Å². The number of H-pyrrole nitrogens is 1. The normalized spacial score (nSPS) is 11.6. The predicted octanol–water partition coefficient (Wildman–Crippen LogP) is 3.18. The Balaban J connectivity index is 2.30. The minimum atomic E-state index is -0.0161. The lowest BCUT2D eigenvalue weighted by Gasteiger charge is -2.09. The van der Waals surface area contributed by atoms with Crippen LogP contribution in [0.2, 0.25) is 0 Å². The van der Waals surface area contributed by atoms with Crippen molar-refractivity contribution in [2.24, 2.45) is 0 Å². The number of thiophene rings is 1. The first-order chi connectivity index (χ1) is 9.08. The summed E-state index contributed by atoms with van der Waals surface area (Å²) < 4.78 is 1.83. The first-order valence-electron chi connectivity index (χ1n) is 6.24. The van der Waals surface area contributed by atoms with Crippen LogP contribution in [0.5, 0.6) is 0 Å². The number of fused-ring (bicyclic) bond motifs is 1. The van der Waals surface area contributed by atoms with Crippen LogP contribution in [-0.2, 0) is 0 Å². The lowest BCUT2D eigenvalue weighted by atomic mass is 10.0. The van der Waals surface area contributed by atoms with Crippen molar-refractivity contribution >= 4 is 17.0 Å². The molecule has 0 aliphatic carbocycles. The summed E-state index contributed by atoms with van der Waals surface area (Å²) in [4.78, 5) is 16.1. The lowest BCUT2D eigenvalue weighted by molar-refractivity contribution is 0.781. The Morgan fingerprint density at radius 3 is 2.84 bits per heavy atom. The van der Waals surface area contributed by atoms with Crippen molar-refractivity contribution in [3.05, 3.63) is 45.2 Å². The van der Waals surface area contributed by atoms with Gasteiger partial charge in [-0.1, -0.05) is 19.9 Å². The summed E-state index contributed by atoms with van der Waals surface area (Å²) >= 11 is 1.64. The molecule has 0 amide bonds. The Morgan fingerprint density at radius 2 is 2.21 bits per heavy atom. The molecule has 4 nitrogen and oxygen atoms in total. The summed E-state index contributed by atoms with van der Waals surface area (Å²) in [5.74, 6) is 0.183. The Bertz CT molecular complexity index is 781.